The van der Waals surface area contributed by atoms with Crippen LogP contribution in [-0.2, 0) is 14.8 Å². The molecule has 4 N–H and O–H groups in total. The zero-order valence-corrected chi connectivity index (χ0v) is 13.9. The van der Waals surface area contributed by atoms with Crippen LogP contribution in [0.2, 0.25) is 0 Å². The molecule has 1 unspecified atom stereocenters. The molecular formula is C16H20N4O3S. The van der Waals surface area contributed by atoms with Crippen LogP contribution in [0.1, 0.15) is 18.0 Å². The first-order valence-electron chi connectivity index (χ1n) is 7.46. The fourth-order valence-corrected chi connectivity index (χ4v) is 3.01. The summed E-state index contributed by atoms with van der Waals surface area (Å²) in [4.78, 5) is 15.6. The molecule has 2 rings (SSSR count). The number of hydrogen-bond donors (Lipinski definition) is 3. The van der Waals surface area contributed by atoms with Gasteiger partial charge in [-0.25, -0.2) is 13.1 Å². The van der Waals surface area contributed by atoms with E-state index in [1.54, 1.807) is 0 Å². The lowest BCUT2D eigenvalue weighted by atomic mass is 10.1. The Balaban J connectivity index is 1.74. The third kappa shape index (κ3) is 5.41. The van der Waals surface area contributed by atoms with Crippen LogP contribution in [-0.4, -0.2) is 32.4 Å². The minimum Gasteiger partial charge on any atom is -0.354 e. The summed E-state index contributed by atoms with van der Waals surface area (Å²) in [6, 6.07) is 12.1. The van der Waals surface area contributed by atoms with Crippen LogP contribution in [0.25, 0.3) is 0 Å². The number of hydrogen-bond acceptors (Lipinski definition) is 5. The highest BCUT2D eigenvalue weighted by atomic mass is 32.2. The average molecular weight is 348 g/mol. The van der Waals surface area contributed by atoms with Crippen molar-refractivity contribution >= 4 is 15.9 Å². The highest BCUT2D eigenvalue weighted by Gasteiger charge is 2.14. The Labute approximate surface area is 141 Å². The second kappa shape index (κ2) is 8.53. The molecule has 1 aromatic carbocycles. The minimum atomic E-state index is -3.65. The smallest absolute Gasteiger partial charge is 0.242 e. The Morgan fingerprint density at radius 1 is 1.17 bits per heavy atom. The summed E-state index contributed by atoms with van der Waals surface area (Å²) in [5.41, 5.74) is 6.91. The van der Waals surface area contributed by atoms with Crippen LogP contribution in [0.4, 0.5) is 0 Å². The van der Waals surface area contributed by atoms with Gasteiger partial charge in [-0.1, -0.05) is 30.3 Å². The van der Waals surface area contributed by atoms with Crippen LogP contribution < -0.4 is 15.8 Å². The fraction of sp³-hybridized carbons (Fsp3) is 0.250. The lowest BCUT2D eigenvalue weighted by Gasteiger charge is -2.13. The van der Waals surface area contributed by atoms with E-state index in [1.165, 1.54) is 24.5 Å². The molecule has 7 nitrogen and oxygen atoms in total. The highest BCUT2D eigenvalue weighted by molar-refractivity contribution is 7.89. The number of amides is 1. The van der Waals surface area contributed by atoms with Gasteiger partial charge in [0, 0.05) is 37.9 Å². The predicted molar refractivity (Wildman–Crippen MR) is 90.4 cm³/mol. The summed E-state index contributed by atoms with van der Waals surface area (Å²) < 4.78 is 26.3. The SMILES string of the molecule is NC(CNC(=O)CCNS(=O)(=O)c1cccnc1)c1ccccc1. The Hall–Kier alpha value is -2.29. The molecule has 0 fully saturated rings. The molecule has 24 heavy (non-hydrogen) atoms. The molecule has 1 aromatic heterocycles. The van der Waals surface area contributed by atoms with Gasteiger partial charge in [-0.05, 0) is 17.7 Å². The van der Waals surface area contributed by atoms with E-state index in [9.17, 15) is 13.2 Å². The van der Waals surface area contributed by atoms with Crippen molar-refractivity contribution in [3.63, 3.8) is 0 Å². The Bertz CT molecular complexity index is 751. The topological polar surface area (TPSA) is 114 Å². The standard InChI is InChI=1S/C16H20N4O3S/c17-15(13-5-2-1-3-6-13)12-19-16(21)8-10-20-24(22,23)14-7-4-9-18-11-14/h1-7,9,11,15,20H,8,10,12,17H2,(H,19,21). The van der Waals surface area contributed by atoms with E-state index >= 15 is 0 Å². The first kappa shape index (κ1) is 18.1. The van der Waals surface area contributed by atoms with Gasteiger partial charge in [0.15, 0.2) is 0 Å². The minimum absolute atomic E-state index is 0.00361. The number of carbonyl (C=O) groups is 1. The molecule has 0 bridgehead atoms. The van der Waals surface area contributed by atoms with Gasteiger partial charge in [0.25, 0.3) is 0 Å². The van der Waals surface area contributed by atoms with E-state index in [1.807, 2.05) is 30.3 Å². The van der Waals surface area contributed by atoms with Crippen molar-refractivity contribution in [2.24, 2.45) is 5.73 Å². The highest BCUT2D eigenvalue weighted by Crippen LogP contribution is 2.08. The van der Waals surface area contributed by atoms with E-state index in [4.69, 9.17) is 5.73 Å². The summed E-state index contributed by atoms with van der Waals surface area (Å²) >= 11 is 0. The second-order valence-corrected chi connectivity index (χ2v) is 6.92. The van der Waals surface area contributed by atoms with Crippen molar-refractivity contribution < 1.29 is 13.2 Å². The molecule has 0 saturated carbocycles. The molecular weight excluding hydrogens is 328 g/mol. The summed E-state index contributed by atoms with van der Waals surface area (Å²) in [5, 5.41) is 2.70. The van der Waals surface area contributed by atoms with Crippen LogP contribution in [0.5, 0.6) is 0 Å². The quantitative estimate of drug-likeness (QED) is 0.645. The summed E-state index contributed by atoms with van der Waals surface area (Å²) in [6.45, 7) is 0.293. The Kier molecular flexibility index (Phi) is 6.42. The van der Waals surface area contributed by atoms with Crippen LogP contribution >= 0.6 is 0 Å². The maximum Gasteiger partial charge on any atom is 0.242 e. The van der Waals surface area contributed by atoms with E-state index in [2.05, 4.69) is 15.0 Å². The fourth-order valence-electron chi connectivity index (χ4n) is 2.02. The van der Waals surface area contributed by atoms with Crippen LogP contribution in [0.3, 0.4) is 0 Å². The van der Waals surface area contributed by atoms with Gasteiger partial charge in [0.2, 0.25) is 15.9 Å². The second-order valence-electron chi connectivity index (χ2n) is 5.16. The van der Waals surface area contributed by atoms with Crippen molar-refractivity contribution in [2.45, 2.75) is 17.4 Å². The Morgan fingerprint density at radius 2 is 1.92 bits per heavy atom. The molecule has 128 valence electrons. The predicted octanol–water partition coefficient (Wildman–Crippen LogP) is 0.566. The number of nitrogens with one attached hydrogen (secondary N) is 2. The molecule has 0 spiro atoms. The third-order valence-corrected chi connectivity index (χ3v) is 4.78. The molecule has 0 radical (unpaired) electrons. The number of pyridine rings is 1. The number of nitrogens with zero attached hydrogens (tertiary/aromatic N) is 1. The molecule has 0 aliphatic heterocycles. The van der Waals surface area contributed by atoms with Crippen molar-refractivity contribution in [3.8, 4) is 0 Å². The lowest BCUT2D eigenvalue weighted by Crippen LogP contribution is -2.34. The average Bonchev–Trinajstić information content (AvgIpc) is 2.61. The van der Waals surface area contributed by atoms with E-state index < -0.39 is 10.0 Å². The van der Waals surface area contributed by atoms with Crippen LogP contribution in [0, 0.1) is 0 Å². The van der Waals surface area contributed by atoms with Crippen molar-refractivity contribution in [3.05, 3.63) is 60.4 Å². The first-order chi connectivity index (χ1) is 11.5. The normalized spacial score (nSPS) is 12.5. The van der Waals surface area contributed by atoms with E-state index in [0.717, 1.165) is 5.56 Å². The van der Waals surface area contributed by atoms with Gasteiger partial charge < -0.3 is 11.1 Å². The maximum absolute atomic E-state index is 12.0. The monoisotopic (exact) mass is 348 g/mol. The summed E-state index contributed by atoms with van der Waals surface area (Å²) in [7, 11) is -3.65. The molecule has 1 heterocycles. The summed E-state index contributed by atoms with van der Waals surface area (Å²) in [6.07, 6.45) is 2.77. The number of benzene rings is 1. The summed E-state index contributed by atoms with van der Waals surface area (Å²) in [5.74, 6) is -0.268. The molecule has 0 aliphatic rings. The molecule has 8 heteroatoms. The molecule has 2 aromatic rings. The maximum atomic E-state index is 12.0. The zero-order chi connectivity index (χ0) is 17.4. The van der Waals surface area contributed by atoms with Crippen molar-refractivity contribution in [1.82, 2.24) is 15.0 Å². The van der Waals surface area contributed by atoms with Gasteiger partial charge in [-0.2, -0.15) is 0 Å². The molecule has 0 aliphatic carbocycles. The van der Waals surface area contributed by atoms with E-state index in [-0.39, 0.29) is 36.4 Å². The van der Waals surface area contributed by atoms with Gasteiger partial charge >= 0.3 is 0 Å². The van der Waals surface area contributed by atoms with Gasteiger partial charge in [-0.15, -0.1) is 0 Å². The molecule has 0 saturated heterocycles. The van der Waals surface area contributed by atoms with Crippen molar-refractivity contribution in [2.75, 3.05) is 13.1 Å². The molecule has 1 amide bonds. The number of rotatable bonds is 8. The van der Waals surface area contributed by atoms with Crippen molar-refractivity contribution in [1.29, 1.82) is 0 Å². The third-order valence-electron chi connectivity index (χ3n) is 3.34. The lowest BCUT2D eigenvalue weighted by molar-refractivity contribution is -0.121. The van der Waals surface area contributed by atoms with E-state index in [0.29, 0.717) is 0 Å². The largest absolute Gasteiger partial charge is 0.354 e. The number of aromatic nitrogens is 1. The first-order valence-corrected chi connectivity index (χ1v) is 8.94. The zero-order valence-electron chi connectivity index (χ0n) is 13.1. The van der Waals surface area contributed by atoms with Gasteiger partial charge in [0.1, 0.15) is 4.90 Å². The number of nitrogens with two attached hydrogens (primary N) is 1. The Morgan fingerprint density at radius 3 is 2.58 bits per heavy atom. The van der Waals surface area contributed by atoms with Gasteiger partial charge in [0.05, 0.1) is 0 Å². The number of carbonyl (C=O) groups excluding carboxylic acids is 1. The van der Waals surface area contributed by atoms with Gasteiger partial charge in [-0.3, -0.25) is 9.78 Å². The van der Waals surface area contributed by atoms with Crippen LogP contribution in [0.15, 0.2) is 59.8 Å². The molecule has 1 atom stereocenters. The number of sulfonamides is 1.